The van der Waals surface area contributed by atoms with E-state index in [9.17, 15) is 9.59 Å². The zero-order valence-corrected chi connectivity index (χ0v) is 11.5. The second kappa shape index (κ2) is 10.6. The summed E-state index contributed by atoms with van der Waals surface area (Å²) in [7, 11) is 0. The Morgan fingerprint density at radius 3 is 2.42 bits per heavy atom. The van der Waals surface area contributed by atoms with Crippen LogP contribution in [0.3, 0.4) is 0 Å². The summed E-state index contributed by atoms with van der Waals surface area (Å²) in [5, 5.41) is 22.2. The molecule has 0 radical (unpaired) electrons. The number of aliphatic carboxylic acids is 1. The third-order valence-corrected chi connectivity index (χ3v) is 2.39. The Morgan fingerprint density at radius 1 is 1.21 bits per heavy atom. The second-order valence-corrected chi connectivity index (χ2v) is 4.60. The largest absolute Gasteiger partial charge is 0.480 e. The summed E-state index contributed by atoms with van der Waals surface area (Å²) in [6, 6.07) is -1.65. The topological polar surface area (TPSA) is 108 Å². The third kappa shape index (κ3) is 10.3. The summed E-state index contributed by atoms with van der Waals surface area (Å²) in [5.41, 5.74) is 0. The minimum absolute atomic E-state index is 0.0202. The molecule has 2 amide bonds. The molecule has 0 saturated heterocycles. The molecular formula is C12H24N2O5. The number of carbonyl (C=O) groups is 2. The first-order chi connectivity index (χ1) is 8.97. The van der Waals surface area contributed by atoms with Gasteiger partial charge in [0.25, 0.3) is 0 Å². The van der Waals surface area contributed by atoms with Crippen LogP contribution in [0.1, 0.15) is 26.7 Å². The van der Waals surface area contributed by atoms with Crippen molar-refractivity contribution in [2.24, 2.45) is 5.92 Å². The van der Waals surface area contributed by atoms with Gasteiger partial charge in [-0.2, -0.15) is 0 Å². The zero-order valence-electron chi connectivity index (χ0n) is 11.5. The van der Waals surface area contributed by atoms with Crippen LogP contribution in [0, 0.1) is 5.92 Å². The molecule has 0 aromatic rings. The lowest BCUT2D eigenvalue weighted by Gasteiger charge is -2.14. The highest BCUT2D eigenvalue weighted by Gasteiger charge is 2.18. The molecule has 0 aromatic heterocycles. The fourth-order valence-corrected chi connectivity index (χ4v) is 1.25. The van der Waals surface area contributed by atoms with E-state index in [0.717, 1.165) is 6.42 Å². The Balaban J connectivity index is 3.65. The van der Waals surface area contributed by atoms with E-state index in [4.69, 9.17) is 14.9 Å². The average molecular weight is 276 g/mol. The Kier molecular flexibility index (Phi) is 9.82. The summed E-state index contributed by atoms with van der Waals surface area (Å²) in [5.74, 6) is -0.594. The first-order valence-corrected chi connectivity index (χ1v) is 6.43. The molecule has 0 aliphatic rings. The fraction of sp³-hybridized carbons (Fsp3) is 0.833. The van der Waals surface area contributed by atoms with Crippen LogP contribution in [0.25, 0.3) is 0 Å². The first-order valence-electron chi connectivity index (χ1n) is 6.43. The Bertz CT molecular complexity index is 271. The number of carboxylic acids is 1. The highest BCUT2D eigenvalue weighted by Crippen LogP contribution is 1.98. The zero-order chi connectivity index (χ0) is 14.7. The van der Waals surface area contributed by atoms with Gasteiger partial charge >= 0.3 is 12.0 Å². The molecule has 7 heteroatoms. The highest BCUT2D eigenvalue weighted by atomic mass is 16.5. The van der Waals surface area contributed by atoms with E-state index in [1.807, 2.05) is 0 Å². The van der Waals surface area contributed by atoms with Crippen molar-refractivity contribution in [3.63, 3.8) is 0 Å². The lowest BCUT2D eigenvalue weighted by atomic mass is 10.1. The quantitative estimate of drug-likeness (QED) is 0.426. The van der Waals surface area contributed by atoms with Gasteiger partial charge in [0.05, 0.1) is 6.61 Å². The molecule has 0 aliphatic carbocycles. The Hall–Kier alpha value is -1.34. The number of urea groups is 1. The highest BCUT2D eigenvalue weighted by molar-refractivity contribution is 5.82. The molecule has 0 aromatic carbocycles. The molecule has 0 rings (SSSR count). The molecule has 0 heterocycles. The number of hydrogen-bond acceptors (Lipinski definition) is 4. The van der Waals surface area contributed by atoms with E-state index in [1.165, 1.54) is 0 Å². The van der Waals surface area contributed by atoms with Crippen LogP contribution in [0.5, 0.6) is 0 Å². The molecule has 0 fully saturated rings. The smallest absolute Gasteiger partial charge is 0.326 e. The number of nitrogens with one attached hydrogen (secondary N) is 2. The van der Waals surface area contributed by atoms with Crippen molar-refractivity contribution in [3.8, 4) is 0 Å². The summed E-state index contributed by atoms with van der Waals surface area (Å²) in [6.07, 6.45) is 0.942. The number of hydrogen-bond donors (Lipinski definition) is 4. The maximum absolute atomic E-state index is 11.4. The summed E-state index contributed by atoms with van der Waals surface area (Å²) < 4.78 is 5.30. The van der Waals surface area contributed by atoms with E-state index < -0.39 is 18.0 Å². The van der Waals surface area contributed by atoms with Crippen molar-refractivity contribution in [1.29, 1.82) is 0 Å². The molecule has 0 unspecified atom stereocenters. The van der Waals surface area contributed by atoms with E-state index >= 15 is 0 Å². The van der Waals surface area contributed by atoms with E-state index in [-0.39, 0.29) is 13.0 Å². The van der Waals surface area contributed by atoms with Crippen LogP contribution in [0.15, 0.2) is 0 Å². The van der Waals surface area contributed by atoms with E-state index in [1.54, 1.807) is 0 Å². The molecule has 112 valence electrons. The predicted octanol–water partition coefficient (Wildman–Crippen LogP) is 0.184. The van der Waals surface area contributed by atoms with Crippen molar-refractivity contribution in [2.45, 2.75) is 32.7 Å². The van der Waals surface area contributed by atoms with Crippen molar-refractivity contribution in [1.82, 2.24) is 10.6 Å². The van der Waals surface area contributed by atoms with Gasteiger partial charge in [-0.3, -0.25) is 0 Å². The molecule has 19 heavy (non-hydrogen) atoms. The lowest BCUT2D eigenvalue weighted by Crippen LogP contribution is -2.47. The Morgan fingerprint density at radius 2 is 1.89 bits per heavy atom. The molecule has 0 aliphatic heterocycles. The number of aliphatic hydroxyl groups is 1. The molecule has 7 nitrogen and oxygen atoms in total. The van der Waals surface area contributed by atoms with E-state index in [2.05, 4.69) is 24.5 Å². The third-order valence-electron chi connectivity index (χ3n) is 2.39. The number of carboxylic acid groups (broad SMARTS) is 1. The monoisotopic (exact) mass is 276 g/mol. The molecular weight excluding hydrogens is 252 g/mol. The molecule has 0 bridgehead atoms. The predicted molar refractivity (Wildman–Crippen MR) is 69.9 cm³/mol. The van der Waals surface area contributed by atoms with Crippen LogP contribution in [-0.2, 0) is 9.53 Å². The van der Waals surface area contributed by atoms with Gasteiger partial charge in [0.15, 0.2) is 0 Å². The van der Waals surface area contributed by atoms with Crippen molar-refractivity contribution >= 4 is 12.0 Å². The minimum Gasteiger partial charge on any atom is -0.480 e. The van der Waals surface area contributed by atoms with Gasteiger partial charge in [0.1, 0.15) is 6.04 Å². The van der Waals surface area contributed by atoms with Gasteiger partial charge in [-0.1, -0.05) is 13.8 Å². The molecule has 0 saturated carbocycles. The van der Waals surface area contributed by atoms with Gasteiger partial charge < -0.3 is 25.6 Å². The summed E-state index contributed by atoms with van der Waals surface area (Å²) >= 11 is 0. The van der Waals surface area contributed by atoms with Gasteiger partial charge in [0, 0.05) is 26.2 Å². The van der Waals surface area contributed by atoms with Crippen LogP contribution < -0.4 is 10.6 Å². The summed E-state index contributed by atoms with van der Waals surface area (Å²) in [4.78, 5) is 22.1. The minimum atomic E-state index is -1.17. The van der Waals surface area contributed by atoms with Gasteiger partial charge in [0.2, 0.25) is 0 Å². The normalized spacial score (nSPS) is 12.2. The van der Waals surface area contributed by atoms with E-state index in [0.29, 0.717) is 25.7 Å². The number of carbonyl (C=O) groups excluding carboxylic acids is 1. The number of rotatable bonds is 10. The number of aliphatic hydroxyl groups excluding tert-OH is 1. The SMILES string of the molecule is CC(C)CCOCCNC(=O)N[C@@H](CCO)C(=O)O. The maximum atomic E-state index is 11.4. The lowest BCUT2D eigenvalue weighted by molar-refractivity contribution is -0.139. The van der Waals surface area contributed by atoms with Gasteiger partial charge in [-0.15, -0.1) is 0 Å². The molecule has 0 spiro atoms. The van der Waals surface area contributed by atoms with Crippen LogP contribution in [0.4, 0.5) is 4.79 Å². The first kappa shape index (κ1) is 17.7. The van der Waals surface area contributed by atoms with Gasteiger partial charge in [-0.05, 0) is 12.3 Å². The number of amides is 2. The van der Waals surface area contributed by atoms with Crippen molar-refractivity contribution in [3.05, 3.63) is 0 Å². The number of ether oxygens (including phenoxy) is 1. The van der Waals surface area contributed by atoms with Gasteiger partial charge in [-0.25, -0.2) is 9.59 Å². The fourth-order valence-electron chi connectivity index (χ4n) is 1.25. The molecule has 4 N–H and O–H groups in total. The van der Waals surface area contributed by atoms with Crippen LogP contribution in [-0.4, -0.2) is 54.6 Å². The van der Waals surface area contributed by atoms with Crippen LogP contribution >= 0.6 is 0 Å². The average Bonchev–Trinajstić information content (AvgIpc) is 2.32. The van der Waals surface area contributed by atoms with Crippen LogP contribution in [0.2, 0.25) is 0 Å². The van der Waals surface area contributed by atoms with Crippen molar-refractivity contribution in [2.75, 3.05) is 26.4 Å². The summed E-state index contributed by atoms with van der Waals surface area (Å²) in [6.45, 7) is 5.25. The Labute approximate surface area is 113 Å². The van der Waals surface area contributed by atoms with Crippen molar-refractivity contribution < 1.29 is 24.5 Å². The molecule has 1 atom stereocenters. The standard InChI is InChI=1S/C12H24N2O5/c1-9(2)4-7-19-8-5-13-12(18)14-10(3-6-15)11(16)17/h9-10,15H,3-8H2,1-2H3,(H,16,17)(H2,13,14,18)/t10-/m0/s1. The second-order valence-electron chi connectivity index (χ2n) is 4.60. The maximum Gasteiger partial charge on any atom is 0.326 e.